The summed E-state index contributed by atoms with van der Waals surface area (Å²) in [5, 5.41) is 2.89. The number of carbonyl (C=O) groups is 3. The number of anilines is 1. The molecular weight excluding hydrogens is 320 g/mol. The van der Waals surface area contributed by atoms with Gasteiger partial charge in [-0.05, 0) is 57.9 Å². The van der Waals surface area contributed by atoms with Crippen molar-refractivity contribution in [3.8, 4) is 0 Å². The van der Waals surface area contributed by atoms with Crippen LogP contribution in [0.2, 0.25) is 0 Å². The summed E-state index contributed by atoms with van der Waals surface area (Å²) in [6, 6.07) is 6.60. The minimum absolute atomic E-state index is 0.00554. The van der Waals surface area contributed by atoms with Gasteiger partial charge in [0.15, 0.2) is 11.8 Å². The lowest BCUT2D eigenvalue weighted by atomic mass is 9.97. The molecule has 0 aliphatic carbocycles. The van der Waals surface area contributed by atoms with E-state index < -0.39 is 0 Å². The Morgan fingerprint density at radius 2 is 1.96 bits per heavy atom. The molecule has 1 aliphatic rings. The molecule has 6 nitrogen and oxygen atoms in total. The normalized spacial score (nSPS) is 21.2. The molecule has 3 atom stereocenters. The van der Waals surface area contributed by atoms with E-state index in [1.165, 1.54) is 6.92 Å². The van der Waals surface area contributed by atoms with Gasteiger partial charge in [-0.1, -0.05) is 0 Å². The Hall–Kier alpha value is -2.21. The Morgan fingerprint density at radius 3 is 2.56 bits per heavy atom. The second-order valence-electron chi connectivity index (χ2n) is 6.55. The number of esters is 1. The molecule has 1 aromatic rings. The van der Waals surface area contributed by atoms with E-state index >= 15 is 0 Å². The average molecular weight is 347 g/mol. The first-order valence-electron chi connectivity index (χ1n) is 8.85. The van der Waals surface area contributed by atoms with Gasteiger partial charge < -0.3 is 15.0 Å². The quantitative estimate of drug-likeness (QED) is 0.596. The van der Waals surface area contributed by atoms with Crippen molar-refractivity contribution in [1.29, 1.82) is 0 Å². The van der Waals surface area contributed by atoms with Crippen LogP contribution in [0.1, 0.15) is 44.0 Å². The molecular formula is C19H27N2O4+. The summed E-state index contributed by atoms with van der Waals surface area (Å²) >= 11 is 0. The summed E-state index contributed by atoms with van der Waals surface area (Å²) in [6.07, 6.45) is 1.73. The molecule has 2 rings (SSSR count). The van der Waals surface area contributed by atoms with Crippen LogP contribution in [0.5, 0.6) is 0 Å². The van der Waals surface area contributed by atoms with Crippen molar-refractivity contribution < 1.29 is 24.0 Å². The highest BCUT2D eigenvalue weighted by Crippen LogP contribution is 2.12. The largest absolute Gasteiger partial charge is 0.466 e. The number of hydrogen-bond donors (Lipinski definition) is 2. The van der Waals surface area contributed by atoms with E-state index in [4.69, 9.17) is 4.74 Å². The molecule has 0 radical (unpaired) electrons. The standard InChI is InChI=1S/C19H26N2O4/c1-4-25-19(24)16-6-5-11-21(12-16)13(2)18(23)20-17-9-7-15(8-10-17)14(3)22/h7-10,13,16H,4-6,11-12H2,1-3H3,(H,20,23)/p+1/t13-,16-/m0/s1. The van der Waals surface area contributed by atoms with Gasteiger partial charge >= 0.3 is 5.97 Å². The molecule has 1 saturated heterocycles. The maximum atomic E-state index is 12.5. The summed E-state index contributed by atoms with van der Waals surface area (Å²) in [6.45, 7) is 7.07. The number of Topliss-reactive ketones (excluding diaryl/α,β-unsaturated/α-hetero) is 1. The highest BCUT2D eigenvalue weighted by molar-refractivity contribution is 5.96. The summed E-state index contributed by atoms with van der Waals surface area (Å²) in [4.78, 5) is 36.9. The van der Waals surface area contributed by atoms with Crippen molar-refractivity contribution in [2.45, 2.75) is 39.7 Å². The van der Waals surface area contributed by atoms with E-state index in [0.29, 0.717) is 24.4 Å². The number of carbonyl (C=O) groups excluding carboxylic acids is 3. The van der Waals surface area contributed by atoms with Crippen molar-refractivity contribution in [2.24, 2.45) is 5.92 Å². The molecule has 136 valence electrons. The van der Waals surface area contributed by atoms with Crippen LogP contribution in [-0.2, 0) is 14.3 Å². The lowest BCUT2D eigenvalue weighted by Gasteiger charge is -2.32. The fourth-order valence-electron chi connectivity index (χ4n) is 3.17. The van der Waals surface area contributed by atoms with Crippen LogP contribution in [0.15, 0.2) is 24.3 Å². The maximum Gasteiger partial charge on any atom is 0.314 e. The predicted octanol–water partition coefficient (Wildman–Crippen LogP) is 1.07. The van der Waals surface area contributed by atoms with Gasteiger partial charge in [-0.25, -0.2) is 0 Å². The third-order valence-electron chi connectivity index (χ3n) is 4.74. The molecule has 0 aromatic heterocycles. The van der Waals surface area contributed by atoms with E-state index in [1.807, 2.05) is 6.92 Å². The first-order chi connectivity index (χ1) is 11.9. The highest BCUT2D eigenvalue weighted by atomic mass is 16.5. The van der Waals surface area contributed by atoms with E-state index in [-0.39, 0.29) is 29.6 Å². The Bertz CT molecular complexity index is 627. The highest BCUT2D eigenvalue weighted by Gasteiger charge is 2.34. The van der Waals surface area contributed by atoms with E-state index in [0.717, 1.165) is 24.3 Å². The Balaban J connectivity index is 1.94. The summed E-state index contributed by atoms with van der Waals surface area (Å²) in [5.41, 5.74) is 1.28. The molecule has 0 saturated carbocycles. The minimum Gasteiger partial charge on any atom is -0.466 e. The van der Waals surface area contributed by atoms with Crippen molar-refractivity contribution >= 4 is 23.3 Å². The number of nitrogens with one attached hydrogen (secondary N) is 2. The van der Waals surface area contributed by atoms with Gasteiger partial charge in [-0.3, -0.25) is 14.4 Å². The molecule has 1 aliphatic heterocycles. The van der Waals surface area contributed by atoms with Crippen LogP contribution in [0.25, 0.3) is 0 Å². The van der Waals surface area contributed by atoms with Crippen molar-refractivity contribution in [3.63, 3.8) is 0 Å². The number of ketones is 1. The first kappa shape index (κ1) is 19.1. The topological polar surface area (TPSA) is 76.9 Å². The minimum atomic E-state index is -0.260. The van der Waals surface area contributed by atoms with Gasteiger partial charge in [0.1, 0.15) is 5.92 Å². The molecule has 2 N–H and O–H groups in total. The van der Waals surface area contributed by atoms with Gasteiger partial charge in [0, 0.05) is 11.3 Å². The second-order valence-corrected chi connectivity index (χ2v) is 6.55. The van der Waals surface area contributed by atoms with Gasteiger partial charge in [0.2, 0.25) is 0 Å². The Labute approximate surface area is 148 Å². The molecule has 6 heteroatoms. The van der Waals surface area contributed by atoms with Gasteiger partial charge in [0.25, 0.3) is 5.91 Å². The zero-order valence-corrected chi connectivity index (χ0v) is 15.1. The van der Waals surface area contributed by atoms with Crippen LogP contribution in [0.4, 0.5) is 5.69 Å². The van der Waals surface area contributed by atoms with Crippen molar-refractivity contribution in [1.82, 2.24) is 0 Å². The van der Waals surface area contributed by atoms with Gasteiger partial charge in [-0.2, -0.15) is 0 Å². The van der Waals surface area contributed by atoms with Crippen LogP contribution in [0.3, 0.4) is 0 Å². The molecule has 25 heavy (non-hydrogen) atoms. The Kier molecular flexibility index (Phi) is 6.70. The van der Waals surface area contributed by atoms with E-state index in [2.05, 4.69) is 5.32 Å². The predicted molar refractivity (Wildman–Crippen MR) is 94.6 cm³/mol. The van der Waals surface area contributed by atoms with Crippen LogP contribution in [-0.4, -0.2) is 43.4 Å². The third-order valence-corrected chi connectivity index (χ3v) is 4.74. The van der Waals surface area contributed by atoms with Crippen LogP contribution in [0, 0.1) is 5.92 Å². The molecule has 1 aromatic carbocycles. The van der Waals surface area contributed by atoms with Crippen LogP contribution >= 0.6 is 0 Å². The number of hydrogen-bond acceptors (Lipinski definition) is 4. The smallest absolute Gasteiger partial charge is 0.314 e. The fourth-order valence-corrected chi connectivity index (χ4v) is 3.17. The summed E-state index contributed by atoms with van der Waals surface area (Å²) < 4.78 is 5.12. The molecule has 1 amide bonds. The zero-order chi connectivity index (χ0) is 18.4. The SMILES string of the molecule is CCOC(=O)[C@H]1CCC[NH+]([C@@H](C)C(=O)Nc2ccc(C(C)=O)cc2)C1. The number of piperidine rings is 1. The molecule has 1 heterocycles. The average Bonchev–Trinajstić information content (AvgIpc) is 2.61. The molecule has 0 spiro atoms. The summed E-state index contributed by atoms with van der Waals surface area (Å²) in [7, 11) is 0. The van der Waals surface area contributed by atoms with Crippen molar-refractivity contribution in [3.05, 3.63) is 29.8 Å². The third kappa shape index (κ3) is 5.13. The monoisotopic (exact) mass is 347 g/mol. The molecule has 0 bridgehead atoms. The first-order valence-corrected chi connectivity index (χ1v) is 8.85. The van der Waals surface area contributed by atoms with Crippen LogP contribution < -0.4 is 10.2 Å². The number of benzene rings is 1. The Morgan fingerprint density at radius 1 is 1.28 bits per heavy atom. The molecule has 1 fully saturated rings. The lowest BCUT2D eigenvalue weighted by Crippen LogP contribution is -3.18. The van der Waals surface area contributed by atoms with Gasteiger partial charge in [0.05, 0.1) is 19.7 Å². The van der Waals surface area contributed by atoms with Gasteiger partial charge in [-0.15, -0.1) is 0 Å². The second kappa shape index (κ2) is 8.76. The number of rotatable bonds is 6. The van der Waals surface area contributed by atoms with Crippen molar-refractivity contribution in [2.75, 3.05) is 25.0 Å². The lowest BCUT2D eigenvalue weighted by molar-refractivity contribution is -0.921. The number of amides is 1. The van der Waals surface area contributed by atoms with E-state index in [1.54, 1.807) is 31.2 Å². The molecule has 1 unspecified atom stereocenters. The fraction of sp³-hybridized carbons (Fsp3) is 0.526. The number of ether oxygens (including phenoxy) is 1. The maximum absolute atomic E-state index is 12.5. The number of likely N-dealkylation sites (tertiary alicyclic amines) is 1. The van der Waals surface area contributed by atoms with E-state index in [9.17, 15) is 14.4 Å². The summed E-state index contributed by atoms with van der Waals surface area (Å²) in [5.74, 6) is -0.384. The number of quaternary nitrogens is 1. The zero-order valence-electron chi connectivity index (χ0n) is 15.1.